The highest BCUT2D eigenvalue weighted by Gasteiger charge is 2.31. The summed E-state index contributed by atoms with van der Waals surface area (Å²) in [6.45, 7) is 2.24. The Bertz CT molecular complexity index is 1030. The van der Waals surface area contributed by atoms with Crippen LogP contribution in [0, 0.1) is 6.92 Å². The van der Waals surface area contributed by atoms with Crippen LogP contribution in [0.1, 0.15) is 16.2 Å². The first kappa shape index (κ1) is 17.1. The smallest absolute Gasteiger partial charge is 0.334 e. The quantitative estimate of drug-likeness (QED) is 0.736. The first-order valence-electron chi connectivity index (χ1n) is 8.45. The molecule has 0 radical (unpaired) electrons. The van der Waals surface area contributed by atoms with Gasteiger partial charge in [0.25, 0.3) is 5.91 Å². The third kappa shape index (κ3) is 3.02. The zero-order valence-electron chi connectivity index (χ0n) is 14.6. The molecule has 138 valence electrons. The molecule has 1 aromatic carbocycles. The van der Waals surface area contributed by atoms with Crippen LogP contribution in [0.3, 0.4) is 0 Å². The van der Waals surface area contributed by atoms with E-state index in [0.29, 0.717) is 12.2 Å². The number of amides is 1. The molecule has 0 bridgehead atoms. The van der Waals surface area contributed by atoms with E-state index in [1.54, 1.807) is 24.0 Å². The van der Waals surface area contributed by atoms with Gasteiger partial charge in [-0.2, -0.15) is 0 Å². The number of pyridine rings is 1. The monoisotopic (exact) mass is 367 g/mol. The second-order valence-electron chi connectivity index (χ2n) is 6.26. The summed E-state index contributed by atoms with van der Waals surface area (Å²) in [7, 11) is 0. The van der Waals surface area contributed by atoms with Crippen LogP contribution in [0.2, 0.25) is 0 Å². The Labute approximate surface area is 154 Å². The van der Waals surface area contributed by atoms with E-state index in [2.05, 4.69) is 15.3 Å². The number of ether oxygens (including phenoxy) is 1. The molecular formula is C18H17N5O4. The van der Waals surface area contributed by atoms with Crippen LogP contribution >= 0.6 is 0 Å². The van der Waals surface area contributed by atoms with E-state index in [1.165, 1.54) is 4.90 Å². The van der Waals surface area contributed by atoms with Gasteiger partial charge in [-0.1, -0.05) is 17.3 Å². The molecule has 1 amide bonds. The molecule has 1 atom stereocenters. The number of rotatable bonds is 3. The maximum atomic E-state index is 12.8. The van der Waals surface area contributed by atoms with E-state index in [0.717, 1.165) is 16.5 Å². The molecule has 0 saturated carbocycles. The fraction of sp³-hybridized carbons (Fsp3) is 0.278. The van der Waals surface area contributed by atoms with Crippen molar-refractivity contribution in [3.63, 3.8) is 0 Å². The highest BCUT2D eigenvalue weighted by molar-refractivity contribution is 5.94. The van der Waals surface area contributed by atoms with Crippen LogP contribution in [0.15, 0.2) is 36.7 Å². The number of morpholine rings is 1. The average molecular weight is 367 g/mol. The minimum absolute atomic E-state index is 0.0135. The number of carboxylic acid groups (broad SMARTS) is 1. The normalized spacial score (nSPS) is 17.2. The first-order chi connectivity index (χ1) is 13.1. The van der Waals surface area contributed by atoms with Crippen molar-refractivity contribution in [1.82, 2.24) is 24.9 Å². The van der Waals surface area contributed by atoms with Gasteiger partial charge in [0, 0.05) is 29.7 Å². The number of hydrogen-bond acceptors (Lipinski definition) is 6. The largest absolute Gasteiger partial charge is 0.479 e. The number of carbonyl (C=O) groups excluding carboxylic acids is 1. The highest BCUT2D eigenvalue weighted by atomic mass is 16.5. The van der Waals surface area contributed by atoms with Crippen LogP contribution in [0.25, 0.3) is 16.5 Å². The molecule has 27 heavy (non-hydrogen) atoms. The molecule has 0 spiro atoms. The van der Waals surface area contributed by atoms with Crippen molar-refractivity contribution in [2.24, 2.45) is 0 Å². The van der Waals surface area contributed by atoms with Crippen molar-refractivity contribution in [2.45, 2.75) is 13.0 Å². The number of benzene rings is 1. The van der Waals surface area contributed by atoms with Crippen molar-refractivity contribution in [3.05, 3.63) is 48.0 Å². The van der Waals surface area contributed by atoms with E-state index in [4.69, 9.17) is 9.84 Å². The van der Waals surface area contributed by atoms with E-state index < -0.39 is 12.1 Å². The molecule has 0 aliphatic carbocycles. The number of nitrogens with zero attached hydrogens (tertiary/aromatic N) is 5. The molecule has 1 fully saturated rings. The van der Waals surface area contributed by atoms with Crippen molar-refractivity contribution >= 4 is 22.6 Å². The second kappa shape index (κ2) is 6.76. The van der Waals surface area contributed by atoms with Crippen LogP contribution < -0.4 is 0 Å². The summed E-state index contributed by atoms with van der Waals surface area (Å²) in [5.41, 5.74) is 1.58. The SMILES string of the molecule is Cc1c(C(=O)N2CCO[C@H](C(=O)O)C2)nnn1-c1cccc2cnccc12. The van der Waals surface area contributed by atoms with Crippen LogP contribution in [-0.2, 0) is 9.53 Å². The Balaban J connectivity index is 1.68. The molecule has 1 aliphatic heterocycles. The summed E-state index contributed by atoms with van der Waals surface area (Å²) >= 11 is 0. The Morgan fingerprint density at radius 2 is 2.15 bits per heavy atom. The van der Waals surface area contributed by atoms with E-state index in [1.807, 2.05) is 24.3 Å². The first-order valence-corrected chi connectivity index (χ1v) is 8.45. The number of carboxylic acids is 1. The summed E-state index contributed by atoms with van der Waals surface area (Å²) in [6, 6.07) is 7.62. The van der Waals surface area contributed by atoms with Gasteiger partial charge in [-0.25, -0.2) is 9.48 Å². The molecule has 1 saturated heterocycles. The van der Waals surface area contributed by atoms with Gasteiger partial charge in [-0.15, -0.1) is 5.10 Å². The van der Waals surface area contributed by atoms with Crippen LogP contribution in [0.4, 0.5) is 0 Å². The second-order valence-corrected chi connectivity index (χ2v) is 6.26. The zero-order chi connectivity index (χ0) is 19.0. The van der Waals surface area contributed by atoms with Crippen molar-refractivity contribution in [1.29, 1.82) is 0 Å². The molecular weight excluding hydrogens is 350 g/mol. The number of aromatic nitrogens is 4. The Kier molecular flexibility index (Phi) is 4.28. The summed E-state index contributed by atoms with van der Waals surface area (Å²) < 4.78 is 6.78. The summed E-state index contributed by atoms with van der Waals surface area (Å²) in [4.78, 5) is 29.5. The predicted molar refractivity (Wildman–Crippen MR) is 94.7 cm³/mol. The fourth-order valence-corrected chi connectivity index (χ4v) is 3.18. The summed E-state index contributed by atoms with van der Waals surface area (Å²) in [6.07, 6.45) is 2.43. The van der Waals surface area contributed by atoms with Gasteiger partial charge in [0.1, 0.15) is 0 Å². The molecule has 9 nitrogen and oxygen atoms in total. The molecule has 1 N–H and O–H groups in total. The van der Waals surface area contributed by atoms with Crippen LogP contribution in [-0.4, -0.2) is 67.7 Å². The maximum Gasteiger partial charge on any atom is 0.334 e. The lowest BCUT2D eigenvalue weighted by molar-refractivity contribution is -0.154. The Hall–Kier alpha value is -3.33. The molecule has 9 heteroatoms. The molecule has 1 aliphatic rings. The van der Waals surface area contributed by atoms with Gasteiger partial charge in [-0.3, -0.25) is 9.78 Å². The van der Waals surface area contributed by atoms with Gasteiger partial charge in [0.15, 0.2) is 11.8 Å². The lowest BCUT2D eigenvalue weighted by atomic mass is 10.1. The third-order valence-corrected chi connectivity index (χ3v) is 4.61. The summed E-state index contributed by atoms with van der Waals surface area (Å²) in [5, 5.41) is 19.2. The lowest BCUT2D eigenvalue weighted by Crippen LogP contribution is -2.48. The Morgan fingerprint density at radius 3 is 2.96 bits per heavy atom. The topological polar surface area (TPSA) is 110 Å². The molecule has 3 heterocycles. The molecule has 0 unspecified atom stereocenters. The van der Waals surface area contributed by atoms with E-state index in [-0.39, 0.29) is 24.8 Å². The number of fused-ring (bicyclic) bond motifs is 1. The number of aliphatic carboxylic acids is 1. The lowest BCUT2D eigenvalue weighted by Gasteiger charge is -2.30. The number of hydrogen-bond donors (Lipinski definition) is 1. The molecule has 4 rings (SSSR count). The van der Waals surface area contributed by atoms with Crippen molar-refractivity contribution in [2.75, 3.05) is 19.7 Å². The fourth-order valence-electron chi connectivity index (χ4n) is 3.18. The van der Waals surface area contributed by atoms with Gasteiger partial charge in [-0.05, 0) is 19.1 Å². The number of carbonyl (C=O) groups is 2. The maximum absolute atomic E-state index is 12.8. The van der Waals surface area contributed by atoms with E-state index in [9.17, 15) is 9.59 Å². The summed E-state index contributed by atoms with van der Waals surface area (Å²) in [5.74, 6) is -1.44. The molecule has 2 aromatic heterocycles. The van der Waals surface area contributed by atoms with Crippen molar-refractivity contribution < 1.29 is 19.4 Å². The standard InChI is InChI=1S/C18H17N5O4/c1-11-16(17(24)22-7-8-27-15(10-22)18(25)26)20-21-23(11)14-4-2-3-12-9-19-6-5-13(12)14/h2-6,9,15H,7-8,10H2,1H3,(H,25,26)/t15-/m0/s1. The Morgan fingerprint density at radius 1 is 1.30 bits per heavy atom. The van der Waals surface area contributed by atoms with Gasteiger partial charge in [0.05, 0.1) is 24.5 Å². The van der Waals surface area contributed by atoms with Gasteiger partial charge >= 0.3 is 5.97 Å². The minimum atomic E-state index is -1.09. The average Bonchev–Trinajstić information content (AvgIpc) is 3.08. The third-order valence-electron chi connectivity index (χ3n) is 4.61. The highest BCUT2D eigenvalue weighted by Crippen LogP contribution is 2.23. The molecule has 3 aromatic rings. The predicted octanol–water partition coefficient (Wildman–Crippen LogP) is 1.05. The van der Waals surface area contributed by atoms with Crippen molar-refractivity contribution in [3.8, 4) is 5.69 Å². The zero-order valence-corrected chi connectivity index (χ0v) is 14.6. The van der Waals surface area contributed by atoms with Crippen LogP contribution in [0.5, 0.6) is 0 Å². The van der Waals surface area contributed by atoms with Gasteiger partial charge < -0.3 is 14.7 Å². The minimum Gasteiger partial charge on any atom is -0.479 e. The van der Waals surface area contributed by atoms with Gasteiger partial charge in [0.2, 0.25) is 0 Å². The van der Waals surface area contributed by atoms with E-state index >= 15 is 0 Å².